The lowest BCUT2D eigenvalue weighted by molar-refractivity contribution is -0.132. The van der Waals surface area contributed by atoms with Crippen molar-refractivity contribution >= 4 is 23.2 Å². The third-order valence-electron chi connectivity index (χ3n) is 5.98. The first-order valence-corrected chi connectivity index (χ1v) is 8.54. The van der Waals surface area contributed by atoms with Crippen LogP contribution in [0.15, 0.2) is 24.3 Å². The number of nitrogens with one attached hydrogen (secondary N) is 2. The fraction of sp³-hybridized carbons (Fsp3) is 0.611. The number of hydrogen-bond donors (Lipinski definition) is 2. The molecule has 4 rings (SSSR count). The second-order valence-electron chi connectivity index (χ2n) is 7.49. The Balaban J connectivity index is 1.51. The van der Waals surface area contributed by atoms with Crippen molar-refractivity contribution < 1.29 is 4.79 Å². The van der Waals surface area contributed by atoms with Crippen LogP contribution in [0.2, 0.25) is 5.02 Å². The van der Waals surface area contributed by atoms with Crippen LogP contribution in [-0.2, 0) is 4.79 Å². The van der Waals surface area contributed by atoms with Gasteiger partial charge in [-0.3, -0.25) is 4.79 Å². The zero-order valence-electron chi connectivity index (χ0n) is 13.5. The molecule has 3 aliphatic carbocycles. The summed E-state index contributed by atoms with van der Waals surface area (Å²) in [6.45, 7) is 7.33. The molecule has 1 aromatic rings. The minimum absolute atomic E-state index is 0.0657. The van der Waals surface area contributed by atoms with Crippen LogP contribution in [-0.4, -0.2) is 18.5 Å². The topological polar surface area (TPSA) is 41.1 Å². The molecule has 0 unspecified atom stereocenters. The first kappa shape index (κ1) is 15.7. The van der Waals surface area contributed by atoms with E-state index >= 15 is 0 Å². The van der Waals surface area contributed by atoms with E-state index in [2.05, 4.69) is 31.4 Å². The molecule has 3 nitrogen and oxygen atoms in total. The number of amides is 1. The van der Waals surface area contributed by atoms with E-state index < -0.39 is 0 Å². The Morgan fingerprint density at radius 1 is 1.36 bits per heavy atom. The Morgan fingerprint density at radius 2 is 2.14 bits per heavy atom. The van der Waals surface area contributed by atoms with Crippen molar-refractivity contribution in [2.24, 2.45) is 23.2 Å². The van der Waals surface area contributed by atoms with Gasteiger partial charge in [-0.15, -0.1) is 0 Å². The van der Waals surface area contributed by atoms with Crippen LogP contribution in [0.5, 0.6) is 0 Å². The summed E-state index contributed by atoms with van der Waals surface area (Å²) in [5.74, 6) is 2.14. The molecule has 0 aliphatic heterocycles. The van der Waals surface area contributed by atoms with Gasteiger partial charge in [0.2, 0.25) is 5.91 Å². The molecule has 3 fully saturated rings. The van der Waals surface area contributed by atoms with Gasteiger partial charge in [-0.2, -0.15) is 0 Å². The Labute approximate surface area is 137 Å². The highest BCUT2D eigenvalue weighted by molar-refractivity contribution is 6.30. The third kappa shape index (κ3) is 2.83. The van der Waals surface area contributed by atoms with Gasteiger partial charge in [-0.25, -0.2) is 0 Å². The van der Waals surface area contributed by atoms with E-state index in [0.717, 1.165) is 23.9 Å². The number of benzene rings is 1. The molecule has 0 saturated heterocycles. The van der Waals surface area contributed by atoms with Crippen LogP contribution in [0.3, 0.4) is 0 Å². The Morgan fingerprint density at radius 3 is 2.77 bits per heavy atom. The zero-order valence-corrected chi connectivity index (χ0v) is 14.3. The minimum Gasteiger partial charge on any atom is -0.376 e. The van der Waals surface area contributed by atoms with Crippen LogP contribution >= 0.6 is 11.6 Å². The van der Waals surface area contributed by atoms with E-state index in [9.17, 15) is 4.79 Å². The highest BCUT2D eigenvalue weighted by Gasteiger charge is 2.56. The van der Waals surface area contributed by atoms with E-state index in [4.69, 9.17) is 11.6 Å². The second-order valence-corrected chi connectivity index (χ2v) is 7.93. The number of hydrogen-bond acceptors (Lipinski definition) is 2. The van der Waals surface area contributed by atoms with Gasteiger partial charge in [0.05, 0.1) is 6.54 Å². The number of carbonyl (C=O) groups is 1. The summed E-state index contributed by atoms with van der Waals surface area (Å²) in [5, 5.41) is 7.02. The Hall–Kier alpha value is -1.22. The van der Waals surface area contributed by atoms with Gasteiger partial charge in [0.15, 0.2) is 0 Å². The van der Waals surface area contributed by atoms with Crippen molar-refractivity contribution in [3.8, 4) is 0 Å². The SMILES string of the molecule is C[C@@H]1[C@H]2C[C@@H](C[C@H]1NC(=O)CNc1cccc(Cl)c1)C2(C)C. The molecule has 2 N–H and O–H groups in total. The van der Waals surface area contributed by atoms with Crippen molar-refractivity contribution in [2.45, 2.75) is 39.7 Å². The minimum atomic E-state index is 0.0657. The fourth-order valence-corrected chi connectivity index (χ4v) is 4.57. The quantitative estimate of drug-likeness (QED) is 0.882. The molecule has 3 saturated carbocycles. The van der Waals surface area contributed by atoms with Crippen molar-refractivity contribution in [3.05, 3.63) is 29.3 Å². The van der Waals surface area contributed by atoms with Crippen molar-refractivity contribution in [3.63, 3.8) is 0 Å². The molecule has 0 aromatic heterocycles. The highest BCUT2D eigenvalue weighted by Crippen LogP contribution is 2.61. The summed E-state index contributed by atoms with van der Waals surface area (Å²) in [6, 6.07) is 7.77. The summed E-state index contributed by atoms with van der Waals surface area (Å²) < 4.78 is 0. The maximum atomic E-state index is 12.2. The van der Waals surface area contributed by atoms with Gasteiger partial charge in [-0.05, 0) is 54.2 Å². The first-order chi connectivity index (χ1) is 10.4. The first-order valence-electron chi connectivity index (χ1n) is 8.16. The van der Waals surface area contributed by atoms with E-state index in [0.29, 0.717) is 28.9 Å². The van der Waals surface area contributed by atoms with Gasteiger partial charge in [0.25, 0.3) is 0 Å². The summed E-state index contributed by atoms with van der Waals surface area (Å²) in [5.41, 5.74) is 1.34. The van der Waals surface area contributed by atoms with Gasteiger partial charge < -0.3 is 10.6 Å². The molecule has 0 heterocycles. The monoisotopic (exact) mass is 320 g/mol. The van der Waals surface area contributed by atoms with E-state index in [1.807, 2.05) is 24.3 Å². The maximum Gasteiger partial charge on any atom is 0.239 e. The summed E-state index contributed by atoms with van der Waals surface area (Å²) >= 11 is 5.94. The number of anilines is 1. The average molecular weight is 321 g/mol. The van der Waals surface area contributed by atoms with E-state index in [1.54, 1.807) is 0 Å². The normalized spacial score (nSPS) is 32.0. The van der Waals surface area contributed by atoms with Gasteiger partial charge in [0.1, 0.15) is 0 Å². The molecule has 22 heavy (non-hydrogen) atoms. The molecule has 120 valence electrons. The lowest BCUT2D eigenvalue weighted by Crippen LogP contribution is -2.61. The molecular weight excluding hydrogens is 296 g/mol. The molecular formula is C18H25ClN2O. The van der Waals surface area contributed by atoms with Crippen LogP contribution in [0, 0.1) is 23.2 Å². The van der Waals surface area contributed by atoms with Crippen molar-refractivity contribution in [1.29, 1.82) is 0 Å². The van der Waals surface area contributed by atoms with Crippen LogP contribution < -0.4 is 10.6 Å². The summed E-state index contributed by atoms with van der Waals surface area (Å²) in [4.78, 5) is 12.2. The molecule has 1 aromatic carbocycles. The smallest absolute Gasteiger partial charge is 0.239 e. The maximum absolute atomic E-state index is 12.2. The fourth-order valence-electron chi connectivity index (χ4n) is 4.38. The molecule has 0 radical (unpaired) electrons. The van der Waals surface area contributed by atoms with Gasteiger partial charge in [0, 0.05) is 16.8 Å². The van der Waals surface area contributed by atoms with Gasteiger partial charge in [-0.1, -0.05) is 38.4 Å². The zero-order chi connectivity index (χ0) is 15.9. The van der Waals surface area contributed by atoms with E-state index in [1.165, 1.54) is 6.42 Å². The Kier molecular flexibility index (Phi) is 4.11. The summed E-state index contributed by atoms with van der Waals surface area (Å²) in [6.07, 6.45) is 2.45. The molecule has 1 amide bonds. The number of halogens is 1. The molecule has 3 aliphatic rings. The third-order valence-corrected chi connectivity index (χ3v) is 6.21. The van der Waals surface area contributed by atoms with Crippen molar-refractivity contribution in [2.75, 3.05) is 11.9 Å². The largest absolute Gasteiger partial charge is 0.376 e. The van der Waals surface area contributed by atoms with Crippen LogP contribution in [0.25, 0.3) is 0 Å². The molecule has 4 heteroatoms. The van der Waals surface area contributed by atoms with E-state index in [-0.39, 0.29) is 5.91 Å². The second kappa shape index (κ2) is 5.77. The predicted octanol–water partition coefficient (Wildman–Crippen LogP) is 3.94. The highest BCUT2D eigenvalue weighted by atomic mass is 35.5. The number of carbonyl (C=O) groups excluding carboxylic acids is 1. The lowest BCUT2D eigenvalue weighted by atomic mass is 9.45. The average Bonchev–Trinajstić information content (AvgIpc) is 2.46. The van der Waals surface area contributed by atoms with Crippen LogP contribution in [0.4, 0.5) is 5.69 Å². The Bertz CT molecular complexity index is 572. The molecule has 4 atom stereocenters. The lowest BCUT2D eigenvalue weighted by Gasteiger charge is -2.62. The molecule has 2 bridgehead atoms. The van der Waals surface area contributed by atoms with Crippen LogP contribution in [0.1, 0.15) is 33.6 Å². The molecule has 0 spiro atoms. The number of fused-ring (bicyclic) bond motifs is 2. The standard InChI is InChI=1S/C18H25ClN2O/c1-11-15-7-12(18(15,2)3)8-16(11)21-17(22)10-20-14-6-4-5-13(19)9-14/h4-6,9,11-12,15-16,20H,7-8,10H2,1-3H3,(H,21,22)/t11-,12+,15-,16-/m1/s1. The van der Waals surface area contributed by atoms with Crippen molar-refractivity contribution in [1.82, 2.24) is 5.32 Å². The predicted molar refractivity (Wildman–Crippen MR) is 91.0 cm³/mol. The summed E-state index contributed by atoms with van der Waals surface area (Å²) in [7, 11) is 0. The van der Waals surface area contributed by atoms with Gasteiger partial charge >= 0.3 is 0 Å². The number of rotatable bonds is 4.